The lowest BCUT2D eigenvalue weighted by molar-refractivity contribution is 0.0935. The lowest BCUT2D eigenvalue weighted by atomic mass is 10.0. The molecule has 154 valence electrons. The molecule has 4 rings (SSSR count). The van der Waals surface area contributed by atoms with Gasteiger partial charge in [0.2, 0.25) is 0 Å². The Bertz CT molecular complexity index is 1180. The summed E-state index contributed by atoms with van der Waals surface area (Å²) in [6.07, 6.45) is 0.796. The molecule has 1 heterocycles. The van der Waals surface area contributed by atoms with E-state index in [1.165, 1.54) is 18.2 Å². The second-order valence-corrected chi connectivity index (χ2v) is 10.1. The van der Waals surface area contributed by atoms with Crippen LogP contribution in [0.25, 0.3) is 0 Å². The van der Waals surface area contributed by atoms with E-state index in [-0.39, 0.29) is 16.8 Å². The smallest absolute Gasteiger partial charge is 0.261 e. The molecule has 8 heteroatoms. The fourth-order valence-electron chi connectivity index (χ4n) is 3.29. The van der Waals surface area contributed by atoms with Crippen molar-refractivity contribution in [2.45, 2.75) is 22.3 Å². The van der Waals surface area contributed by atoms with Gasteiger partial charge in [0.25, 0.3) is 15.9 Å². The summed E-state index contributed by atoms with van der Waals surface area (Å²) in [5, 5.41) is 3.68. The van der Waals surface area contributed by atoms with E-state index in [1.54, 1.807) is 48.2 Å². The number of benzene rings is 3. The van der Waals surface area contributed by atoms with Gasteiger partial charge in [-0.2, -0.15) is 0 Å². The van der Waals surface area contributed by atoms with E-state index in [4.69, 9.17) is 11.6 Å². The molecule has 3 aromatic rings. The minimum Gasteiger partial charge on any atom is -0.345 e. The molecule has 0 radical (unpaired) electrons. The zero-order valence-electron chi connectivity index (χ0n) is 15.8. The van der Waals surface area contributed by atoms with E-state index in [0.717, 1.165) is 22.6 Å². The largest absolute Gasteiger partial charge is 0.345 e. The monoisotopic (exact) mass is 458 g/mol. The second kappa shape index (κ2) is 8.71. The van der Waals surface area contributed by atoms with Crippen molar-refractivity contribution in [1.82, 2.24) is 5.32 Å². The van der Waals surface area contributed by atoms with Crippen molar-refractivity contribution >= 4 is 45.0 Å². The molecule has 5 nitrogen and oxygen atoms in total. The fraction of sp³-hybridized carbons (Fsp3) is 0.136. The van der Waals surface area contributed by atoms with Crippen molar-refractivity contribution in [3.05, 3.63) is 88.9 Å². The van der Waals surface area contributed by atoms with Gasteiger partial charge in [0.05, 0.1) is 10.9 Å². The number of hydrogen-bond acceptors (Lipinski definition) is 4. The maximum atomic E-state index is 12.9. The van der Waals surface area contributed by atoms with Gasteiger partial charge in [0, 0.05) is 26.9 Å². The standard InChI is InChI=1S/C22H19ClN2O3S2/c23-16-9-10-21-19(14-16)20(11-12-29-21)24-22(26)15-5-4-6-17(13-15)25-30(27,28)18-7-2-1-3-8-18/h1-10,13-14,20,25H,11-12H2,(H,24,26). The molecule has 0 saturated heterocycles. The maximum Gasteiger partial charge on any atom is 0.261 e. The third-order valence-corrected chi connectivity index (χ3v) is 7.50. The van der Waals surface area contributed by atoms with E-state index >= 15 is 0 Å². The van der Waals surface area contributed by atoms with Gasteiger partial charge in [0.15, 0.2) is 0 Å². The van der Waals surface area contributed by atoms with Crippen LogP contribution in [-0.2, 0) is 10.0 Å². The average molecular weight is 459 g/mol. The lowest BCUT2D eigenvalue weighted by Crippen LogP contribution is -2.30. The number of fused-ring (bicyclic) bond motifs is 1. The van der Waals surface area contributed by atoms with Crippen molar-refractivity contribution in [2.24, 2.45) is 0 Å². The molecule has 0 aliphatic carbocycles. The minimum absolute atomic E-state index is 0.142. The van der Waals surface area contributed by atoms with Crippen LogP contribution in [0.3, 0.4) is 0 Å². The van der Waals surface area contributed by atoms with E-state index < -0.39 is 10.0 Å². The Morgan fingerprint density at radius 2 is 1.80 bits per heavy atom. The Balaban J connectivity index is 1.52. The first-order valence-electron chi connectivity index (χ1n) is 9.33. The fourth-order valence-corrected chi connectivity index (χ4v) is 5.65. The first-order valence-corrected chi connectivity index (χ1v) is 12.2. The molecule has 2 N–H and O–H groups in total. The molecule has 0 spiro atoms. The van der Waals surface area contributed by atoms with E-state index in [2.05, 4.69) is 10.0 Å². The predicted octanol–water partition coefficient (Wildman–Crippen LogP) is 5.11. The van der Waals surface area contributed by atoms with E-state index in [9.17, 15) is 13.2 Å². The summed E-state index contributed by atoms with van der Waals surface area (Å²) < 4.78 is 27.6. The van der Waals surface area contributed by atoms with Gasteiger partial charge in [-0.1, -0.05) is 35.9 Å². The normalized spacial score (nSPS) is 15.8. The lowest BCUT2D eigenvalue weighted by Gasteiger charge is -2.26. The van der Waals surface area contributed by atoms with E-state index in [0.29, 0.717) is 16.3 Å². The molecule has 3 aromatic carbocycles. The molecular formula is C22H19ClN2O3S2. The van der Waals surface area contributed by atoms with Gasteiger partial charge in [-0.05, 0) is 60.5 Å². The first kappa shape index (κ1) is 20.8. The zero-order valence-corrected chi connectivity index (χ0v) is 18.2. The predicted molar refractivity (Wildman–Crippen MR) is 121 cm³/mol. The van der Waals surface area contributed by atoms with Gasteiger partial charge in [0.1, 0.15) is 0 Å². The Morgan fingerprint density at radius 1 is 1.00 bits per heavy atom. The highest BCUT2D eigenvalue weighted by atomic mass is 35.5. The van der Waals surface area contributed by atoms with Gasteiger partial charge < -0.3 is 5.32 Å². The van der Waals surface area contributed by atoms with Crippen LogP contribution in [-0.4, -0.2) is 20.1 Å². The van der Waals surface area contributed by atoms with Crippen LogP contribution in [0.2, 0.25) is 5.02 Å². The first-order chi connectivity index (χ1) is 14.4. The average Bonchev–Trinajstić information content (AvgIpc) is 2.74. The molecule has 0 bridgehead atoms. The third kappa shape index (κ3) is 4.64. The minimum atomic E-state index is -3.73. The summed E-state index contributed by atoms with van der Waals surface area (Å²) in [4.78, 5) is 14.1. The topological polar surface area (TPSA) is 75.3 Å². The van der Waals surface area contributed by atoms with Gasteiger partial charge >= 0.3 is 0 Å². The van der Waals surface area contributed by atoms with Crippen molar-refractivity contribution in [3.8, 4) is 0 Å². The number of anilines is 1. The van der Waals surface area contributed by atoms with Crippen molar-refractivity contribution < 1.29 is 13.2 Å². The van der Waals surface area contributed by atoms with Crippen LogP contribution in [0.1, 0.15) is 28.4 Å². The molecule has 1 amide bonds. The highest BCUT2D eigenvalue weighted by molar-refractivity contribution is 7.99. The SMILES string of the molecule is O=C(NC1CCSc2ccc(Cl)cc21)c1cccc(NS(=O)(=O)c2ccccc2)c1. The molecule has 0 aromatic heterocycles. The summed E-state index contributed by atoms with van der Waals surface area (Å²) in [5.41, 5.74) is 1.72. The number of carbonyl (C=O) groups is 1. The number of nitrogens with one attached hydrogen (secondary N) is 2. The Morgan fingerprint density at radius 3 is 2.60 bits per heavy atom. The Labute approximate surface area is 184 Å². The van der Waals surface area contributed by atoms with Gasteiger partial charge in [-0.25, -0.2) is 8.42 Å². The quantitative estimate of drug-likeness (QED) is 0.557. The number of thioether (sulfide) groups is 1. The summed E-state index contributed by atoms with van der Waals surface area (Å²) in [7, 11) is -3.73. The number of carbonyl (C=O) groups excluding carboxylic acids is 1. The molecule has 1 unspecified atom stereocenters. The highest BCUT2D eigenvalue weighted by Gasteiger charge is 2.23. The zero-order chi connectivity index (χ0) is 21.1. The molecule has 1 aliphatic heterocycles. The van der Waals surface area contributed by atoms with Crippen molar-refractivity contribution in [2.75, 3.05) is 10.5 Å². The molecule has 0 fully saturated rings. The number of hydrogen-bond donors (Lipinski definition) is 2. The van der Waals surface area contributed by atoms with Crippen LogP contribution in [0, 0.1) is 0 Å². The third-order valence-electron chi connectivity index (χ3n) is 4.75. The molecule has 0 saturated carbocycles. The second-order valence-electron chi connectivity index (χ2n) is 6.84. The van der Waals surface area contributed by atoms with Crippen LogP contribution < -0.4 is 10.0 Å². The number of halogens is 1. The summed E-state index contributed by atoms with van der Waals surface area (Å²) in [6, 6.07) is 20.1. The molecule has 1 aliphatic rings. The molecule has 1 atom stereocenters. The van der Waals surface area contributed by atoms with E-state index in [1.807, 2.05) is 18.2 Å². The molecular weight excluding hydrogens is 440 g/mol. The summed E-state index contributed by atoms with van der Waals surface area (Å²) in [5.74, 6) is 0.634. The van der Waals surface area contributed by atoms with Crippen molar-refractivity contribution in [1.29, 1.82) is 0 Å². The van der Waals surface area contributed by atoms with Crippen LogP contribution in [0.4, 0.5) is 5.69 Å². The summed E-state index contributed by atoms with van der Waals surface area (Å²) in [6.45, 7) is 0. The number of rotatable bonds is 5. The van der Waals surface area contributed by atoms with Gasteiger partial charge in [-0.15, -0.1) is 11.8 Å². The van der Waals surface area contributed by atoms with Crippen LogP contribution in [0.15, 0.2) is 82.6 Å². The number of amides is 1. The Hall–Kier alpha value is -2.48. The maximum absolute atomic E-state index is 12.9. The Kier molecular flexibility index (Phi) is 6.04. The van der Waals surface area contributed by atoms with Gasteiger partial charge in [-0.3, -0.25) is 9.52 Å². The van der Waals surface area contributed by atoms with Crippen LogP contribution >= 0.6 is 23.4 Å². The van der Waals surface area contributed by atoms with Crippen LogP contribution in [0.5, 0.6) is 0 Å². The molecule has 30 heavy (non-hydrogen) atoms. The highest BCUT2D eigenvalue weighted by Crippen LogP contribution is 2.37. The van der Waals surface area contributed by atoms with Crippen molar-refractivity contribution in [3.63, 3.8) is 0 Å². The summed E-state index contributed by atoms with van der Waals surface area (Å²) >= 11 is 7.89. The number of sulfonamides is 1.